The lowest BCUT2D eigenvalue weighted by Crippen LogP contribution is -2.37. The van der Waals surface area contributed by atoms with Crippen molar-refractivity contribution < 1.29 is 27.6 Å². The Hall–Kier alpha value is -3.36. The fraction of sp³-hybridized carbons (Fsp3) is 0.286. The van der Waals surface area contributed by atoms with Gasteiger partial charge in [0.05, 0.1) is 18.0 Å². The molecule has 9 heteroatoms. The van der Waals surface area contributed by atoms with Crippen molar-refractivity contribution in [2.24, 2.45) is 0 Å². The zero-order valence-electron chi connectivity index (χ0n) is 16.3. The number of hydrogen-bond donors (Lipinski definition) is 3. The Morgan fingerprint density at radius 2 is 1.50 bits per heavy atom. The summed E-state index contributed by atoms with van der Waals surface area (Å²) in [6.45, 7) is 1.60. The molecule has 0 saturated heterocycles. The Labute approximate surface area is 171 Å². The van der Waals surface area contributed by atoms with E-state index < -0.39 is 23.7 Å². The summed E-state index contributed by atoms with van der Waals surface area (Å²) in [6, 6.07) is 12.4. The van der Waals surface area contributed by atoms with E-state index in [-0.39, 0.29) is 36.9 Å². The normalized spacial score (nSPS) is 12.0. The van der Waals surface area contributed by atoms with E-state index in [4.69, 9.17) is 0 Å². The summed E-state index contributed by atoms with van der Waals surface area (Å²) < 4.78 is 37.6. The molecule has 0 aliphatic heterocycles. The number of benzene rings is 2. The zero-order chi connectivity index (χ0) is 22.1. The molecule has 6 nitrogen and oxygen atoms in total. The summed E-state index contributed by atoms with van der Waals surface area (Å²) in [6.07, 6.45) is -4.44. The van der Waals surface area contributed by atoms with Gasteiger partial charge in [0.1, 0.15) is 0 Å². The summed E-state index contributed by atoms with van der Waals surface area (Å²) in [5.74, 6) is -1.12. The molecular weight excluding hydrogens is 399 g/mol. The maximum Gasteiger partial charge on any atom is 0.416 e. The first-order valence-corrected chi connectivity index (χ1v) is 9.21. The Balaban J connectivity index is 1.79. The van der Waals surface area contributed by atoms with Crippen LogP contribution >= 0.6 is 0 Å². The second-order valence-corrected chi connectivity index (χ2v) is 6.55. The fourth-order valence-corrected chi connectivity index (χ4v) is 2.73. The standard InChI is InChI=1S/C21H22F3N3O3/c1-14(28)27-18(15-5-3-2-4-6-15)13-19(29)25-11-12-26-20(30)16-7-9-17(10-8-16)21(22,23)24/h2-10,18H,11-13H2,1H3,(H,25,29)(H,26,30)(H,27,28). The molecule has 30 heavy (non-hydrogen) atoms. The van der Waals surface area contributed by atoms with Crippen LogP contribution in [0.2, 0.25) is 0 Å². The molecule has 0 bridgehead atoms. The predicted molar refractivity (Wildman–Crippen MR) is 104 cm³/mol. The molecule has 0 aliphatic carbocycles. The number of carbonyl (C=O) groups excluding carboxylic acids is 3. The number of rotatable bonds is 8. The van der Waals surface area contributed by atoms with Gasteiger partial charge >= 0.3 is 6.18 Å². The molecule has 3 amide bonds. The average molecular weight is 421 g/mol. The minimum absolute atomic E-state index is 0.0243. The number of hydrogen-bond acceptors (Lipinski definition) is 3. The minimum Gasteiger partial charge on any atom is -0.354 e. The van der Waals surface area contributed by atoms with Gasteiger partial charge in [0, 0.05) is 25.6 Å². The largest absolute Gasteiger partial charge is 0.416 e. The number of carbonyl (C=O) groups is 3. The van der Waals surface area contributed by atoms with Crippen molar-refractivity contribution in [2.45, 2.75) is 25.6 Å². The summed E-state index contributed by atoms with van der Waals surface area (Å²) in [5.41, 5.74) is 0.0426. The zero-order valence-corrected chi connectivity index (χ0v) is 16.3. The van der Waals surface area contributed by atoms with Crippen LogP contribution in [0.15, 0.2) is 54.6 Å². The van der Waals surface area contributed by atoms with Crippen molar-refractivity contribution in [2.75, 3.05) is 13.1 Å². The van der Waals surface area contributed by atoms with Crippen molar-refractivity contribution >= 4 is 17.7 Å². The van der Waals surface area contributed by atoms with E-state index in [2.05, 4.69) is 16.0 Å². The molecule has 2 aromatic carbocycles. The second kappa shape index (κ2) is 10.4. The van der Waals surface area contributed by atoms with E-state index in [1.54, 1.807) is 24.3 Å². The first-order chi connectivity index (χ1) is 14.2. The van der Waals surface area contributed by atoms with Gasteiger partial charge in [-0.05, 0) is 29.8 Å². The molecule has 1 unspecified atom stereocenters. The molecule has 0 spiro atoms. The molecule has 2 aromatic rings. The lowest BCUT2D eigenvalue weighted by atomic mass is 10.0. The van der Waals surface area contributed by atoms with Gasteiger partial charge in [-0.1, -0.05) is 30.3 Å². The number of amides is 3. The molecule has 0 heterocycles. The van der Waals surface area contributed by atoms with Gasteiger partial charge < -0.3 is 16.0 Å². The van der Waals surface area contributed by atoms with Gasteiger partial charge in [0.2, 0.25) is 11.8 Å². The fourth-order valence-electron chi connectivity index (χ4n) is 2.73. The van der Waals surface area contributed by atoms with E-state index in [1.165, 1.54) is 6.92 Å². The SMILES string of the molecule is CC(=O)NC(CC(=O)NCCNC(=O)c1ccc(C(F)(F)F)cc1)c1ccccc1. The lowest BCUT2D eigenvalue weighted by Gasteiger charge is -2.18. The Kier molecular flexibility index (Phi) is 7.97. The van der Waals surface area contributed by atoms with Crippen LogP contribution in [0.3, 0.4) is 0 Å². The highest BCUT2D eigenvalue weighted by Gasteiger charge is 2.30. The summed E-state index contributed by atoms with van der Waals surface area (Å²) in [5, 5.41) is 7.89. The molecule has 0 fully saturated rings. The van der Waals surface area contributed by atoms with Crippen LogP contribution in [0.5, 0.6) is 0 Å². The predicted octanol–water partition coefficient (Wildman–Crippen LogP) is 2.82. The van der Waals surface area contributed by atoms with E-state index in [1.807, 2.05) is 6.07 Å². The molecule has 1 atom stereocenters. The molecular formula is C21H22F3N3O3. The summed E-state index contributed by atoms with van der Waals surface area (Å²) in [7, 11) is 0. The summed E-state index contributed by atoms with van der Waals surface area (Å²) in [4.78, 5) is 35.6. The second-order valence-electron chi connectivity index (χ2n) is 6.55. The molecule has 0 aromatic heterocycles. The van der Waals surface area contributed by atoms with Crippen molar-refractivity contribution in [1.29, 1.82) is 0 Å². The van der Waals surface area contributed by atoms with E-state index in [9.17, 15) is 27.6 Å². The molecule has 3 N–H and O–H groups in total. The minimum atomic E-state index is -4.46. The maximum atomic E-state index is 12.5. The third kappa shape index (κ3) is 7.23. The number of alkyl halides is 3. The van der Waals surface area contributed by atoms with Crippen molar-refractivity contribution in [1.82, 2.24) is 16.0 Å². The monoisotopic (exact) mass is 421 g/mol. The van der Waals surface area contributed by atoms with E-state index in [0.717, 1.165) is 29.8 Å². The van der Waals surface area contributed by atoms with Crippen molar-refractivity contribution in [3.05, 3.63) is 71.3 Å². The van der Waals surface area contributed by atoms with Gasteiger partial charge in [-0.2, -0.15) is 13.2 Å². The van der Waals surface area contributed by atoms with Crippen molar-refractivity contribution in [3.8, 4) is 0 Å². The Morgan fingerprint density at radius 3 is 2.07 bits per heavy atom. The lowest BCUT2D eigenvalue weighted by molar-refractivity contribution is -0.137. The molecule has 0 radical (unpaired) electrons. The molecule has 160 valence electrons. The first kappa shape index (κ1) is 22.9. The number of nitrogens with one attached hydrogen (secondary N) is 3. The smallest absolute Gasteiger partial charge is 0.354 e. The third-order valence-electron chi connectivity index (χ3n) is 4.18. The van der Waals surface area contributed by atoms with Crippen LogP contribution in [-0.4, -0.2) is 30.8 Å². The van der Waals surface area contributed by atoms with Gasteiger partial charge in [-0.3, -0.25) is 14.4 Å². The first-order valence-electron chi connectivity index (χ1n) is 9.21. The third-order valence-corrected chi connectivity index (χ3v) is 4.18. The van der Waals surface area contributed by atoms with Crippen LogP contribution in [0, 0.1) is 0 Å². The highest BCUT2D eigenvalue weighted by Crippen LogP contribution is 2.29. The number of halogens is 3. The van der Waals surface area contributed by atoms with Crippen LogP contribution in [0.1, 0.15) is 40.9 Å². The molecule has 0 saturated carbocycles. The van der Waals surface area contributed by atoms with Gasteiger partial charge in [-0.25, -0.2) is 0 Å². The van der Waals surface area contributed by atoms with Crippen LogP contribution in [-0.2, 0) is 15.8 Å². The Bertz CT molecular complexity index is 869. The molecule has 2 rings (SSSR count). The van der Waals surface area contributed by atoms with E-state index in [0.29, 0.717) is 0 Å². The highest BCUT2D eigenvalue weighted by molar-refractivity contribution is 5.94. The van der Waals surface area contributed by atoms with Gasteiger partial charge in [0.15, 0.2) is 0 Å². The highest BCUT2D eigenvalue weighted by atomic mass is 19.4. The topological polar surface area (TPSA) is 87.3 Å². The maximum absolute atomic E-state index is 12.5. The van der Waals surface area contributed by atoms with Crippen molar-refractivity contribution in [3.63, 3.8) is 0 Å². The quantitative estimate of drug-likeness (QED) is 0.573. The van der Waals surface area contributed by atoms with Crippen LogP contribution < -0.4 is 16.0 Å². The van der Waals surface area contributed by atoms with Crippen LogP contribution in [0.25, 0.3) is 0 Å². The Morgan fingerprint density at radius 1 is 0.900 bits per heavy atom. The van der Waals surface area contributed by atoms with Crippen LogP contribution in [0.4, 0.5) is 13.2 Å². The summed E-state index contributed by atoms with van der Waals surface area (Å²) >= 11 is 0. The average Bonchev–Trinajstić information content (AvgIpc) is 2.70. The van der Waals surface area contributed by atoms with E-state index >= 15 is 0 Å². The van der Waals surface area contributed by atoms with Gasteiger partial charge in [0.25, 0.3) is 5.91 Å². The molecule has 0 aliphatic rings. The van der Waals surface area contributed by atoms with Gasteiger partial charge in [-0.15, -0.1) is 0 Å².